The minimum Gasteiger partial charge on any atom is -0.353 e. The average molecular weight is 353 g/mol. The van der Waals surface area contributed by atoms with Gasteiger partial charge in [0.05, 0.1) is 10.7 Å². The standard InChI is InChI=1S/C14H20ClF3N4O/c1-8(13(23)19-6-7-21(2)3)22-11(9-4-5-9)10(15)12(20-22)14(16,17)18/h8-9H,4-7H2,1-3H3,(H,19,23)/t8-/m0/s1. The molecule has 0 saturated heterocycles. The Kier molecular flexibility index (Phi) is 5.25. The maximum Gasteiger partial charge on any atom is 0.436 e. The van der Waals surface area contributed by atoms with Crippen LogP contribution in [0.3, 0.4) is 0 Å². The first-order chi connectivity index (χ1) is 10.6. The molecule has 23 heavy (non-hydrogen) atoms. The van der Waals surface area contributed by atoms with Crippen molar-refractivity contribution >= 4 is 17.5 Å². The van der Waals surface area contributed by atoms with Crippen molar-refractivity contribution in [1.29, 1.82) is 0 Å². The van der Waals surface area contributed by atoms with Gasteiger partial charge in [0.1, 0.15) is 6.04 Å². The van der Waals surface area contributed by atoms with E-state index in [-0.39, 0.29) is 16.8 Å². The van der Waals surface area contributed by atoms with Crippen molar-refractivity contribution in [2.45, 2.75) is 37.9 Å². The normalized spacial score (nSPS) is 16.7. The van der Waals surface area contributed by atoms with E-state index in [1.807, 2.05) is 19.0 Å². The van der Waals surface area contributed by atoms with E-state index < -0.39 is 17.9 Å². The van der Waals surface area contributed by atoms with Gasteiger partial charge in [-0.25, -0.2) is 0 Å². The summed E-state index contributed by atoms with van der Waals surface area (Å²) in [7, 11) is 3.73. The second-order valence-corrected chi connectivity index (χ2v) is 6.41. The van der Waals surface area contributed by atoms with E-state index >= 15 is 0 Å². The smallest absolute Gasteiger partial charge is 0.353 e. The third kappa shape index (κ3) is 4.17. The van der Waals surface area contributed by atoms with Gasteiger partial charge in [-0.05, 0) is 33.9 Å². The molecule has 0 radical (unpaired) electrons. The summed E-state index contributed by atoms with van der Waals surface area (Å²) in [6.45, 7) is 2.58. The number of rotatable bonds is 6. The van der Waals surface area contributed by atoms with Crippen molar-refractivity contribution < 1.29 is 18.0 Å². The van der Waals surface area contributed by atoms with Gasteiger partial charge in [-0.1, -0.05) is 11.6 Å². The van der Waals surface area contributed by atoms with Crippen molar-refractivity contribution in [1.82, 2.24) is 20.0 Å². The third-order valence-electron chi connectivity index (χ3n) is 3.72. The zero-order valence-electron chi connectivity index (χ0n) is 13.2. The number of amides is 1. The molecule has 130 valence electrons. The van der Waals surface area contributed by atoms with Crippen molar-refractivity contribution in [2.24, 2.45) is 0 Å². The molecule has 0 aliphatic heterocycles. The fraction of sp³-hybridized carbons (Fsp3) is 0.714. The molecule has 5 nitrogen and oxygen atoms in total. The summed E-state index contributed by atoms with van der Waals surface area (Å²) in [5, 5.41) is 5.91. The number of nitrogens with one attached hydrogen (secondary N) is 1. The lowest BCUT2D eigenvalue weighted by Crippen LogP contribution is -2.36. The SMILES string of the molecule is C[C@@H](C(=O)NCCN(C)C)n1nc(C(F)(F)F)c(Cl)c1C1CC1. The van der Waals surface area contributed by atoms with Crippen LogP contribution in [-0.4, -0.2) is 47.8 Å². The van der Waals surface area contributed by atoms with Crippen LogP contribution in [0.15, 0.2) is 0 Å². The first-order valence-corrected chi connectivity index (χ1v) is 7.78. The van der Waals surface area contributed by atoms with Crippen LogP contribution in [0, 0.1) is 0 Å². The molecule has 1 aromatic rings. The highest BCUT2D eigenvalue weighted by Crippen LogP contribution is 2.47. The van der Waals surface area contributed by atoms with Gasteiger partial charge >= 0.3 is 6.18 Å². The minimum absolute atomic E-state index is 0.0527. The predicted molar refractivity (Wildman–Crippen MR) is 80.5 cm³/mol. The molecule has 1 aliphatic carbocycles. The zero-order valence-corrected chi connectivity index (χ0v) is 14.0. The fourth-order valence-electron chi connectivity index (χ4n) is 2.29. The van der Waals surface area contributed by atoms with E-state index in [1.165, 1.54) is 6.92 Å². The van der Waals surface area contributed by atoms with Crippen molar-refractivity contribution in [3.63, 3.8) is 0 Å². The van der Waals surface area contributed by atoms with E-state index in [9.17, 15) is 18.0 Å². The minimum atomic E-state index is -4.63. The molecular weight excluding hydrogens is 333 g/mol. The summed E-state index contributed by atoms with van der Waals surface area (Å²) in [6, 6.07) is -0.846. The summed E-state index contributed by atoms with van der Waals surface area (Å²) >= 11 is 5.90. The quantitative estimate of drug-likeness (QED) is 0.856. The molecule has 1 N–H and O–H groups in total. The Morgan fingerprint density at radius 1 is 1.48 bits per heavy atom. The Labute approximate surface area is 137 Å². The van der Waals surface area contributed by atoms with Gasteiger partial charge in [-0.2, -0.15) is 18.3 Å². The highest BCUT2D eigenvalue weighted by atomic mass is 35.5. The lowest BCUT2D eigenvalue weighted by molar-refractivity contribution is -0.141. The largest absolute Gasteiger partial charge is 0.436 e. The monoisotopic (exact) mass is 352 g/mol. The highest BCUT2D eigenvalue weighted by Gasteiger charge is 2.43. The van der Waals surface area contributed by atoms with E-state index in [4.69, 9.17) is 11.6 Å². The van der Waals surface area contributed by atoms with Gasteiger partial charge in [-0.15, -0.1) is 0 Å². The van der Waals surface area contributed by atoms with Crippen molar-refractivity contribution in [3.8, 4) is 0 Å². The topological polar surface area (TPSA) is 50.2 Å². The Bertz CT molecular complexity index is 581. The number of hydrogen-bond donors (Lipinski definition) is 1. The average Bonchev–Trinajstić information content (AvgIpc) is 3.19. The van der Waals surface area contributed by atoms with Crippen LogP contribution in [-0.2, 0) is 11.0 Å². The fourth-order valence-corrected chi connectivity index (χ4v) is 2.67. The molecule has 1 aliphatic rings. The van der Waals surface area contributed by atoms with Crippen LogP contribution in [0.1, 0.15) is 43.1 Å². The molecule has 0 unspecified atom stereocenters. The van der Waals surface area contributed by atoms with E-state index in [0.717, 1.165) is 17.5 Å². The first-order valence-electron chi connectivity index (χ1n) is 7.40. The van der Waals surface area contributed by atoms with Crippen molar-refractivity contribution in [3.05, 3.63) is 16.4 Å². The molecule has 1 heterocycles. The van der Waals surface area contributed by atoms with Crippen LogP contribution in [0.5, 0.6) is 0 Å². The molecule has 1 amide bonds. The second-order valence-electron chi connectivity index (χ2n) is 6.03. The molecule has 1 aromatic heterocycles. The van der Waals surface area contributed by atoms with Crippen molar-refractivity contribution in [2.75, 3.05) is 27.2 Å². The molecule has 1 fully saturated rings. The molecule has 9 heteroatoms. The Hall–Kier alpha value is -1.28. The van der Waals surface area contributed by atoms with Gasteiger partial charge < -0.3 is 10.2 Å². The van der Waals surface area contributed by atoms with Gasteiger partial charge in [0, 0.05) is 19.0 Å². The number of nitrogens with zero attached hydrogens (tertiary/aromatic N) is 3. The number of hydrogen-bond acceptors (Lipinski definition) is 3. The van der Waals surface area contributed by atoms with Gasteiger partial charge in [0.2, 0.25) is 5.91 Å². The van der Waals surface area contributed by atoms with Crippen LogP contribution in [0.25, 0.3) is 0 Å². The summed E-state index contributed by atoms with van der Waals surface area (Å²) in [6.07, 6.45) is -3.11. The number of halogens is 4. The number of carbonyl (C=O) groups is 1. The molecule has 0 aromatic carbocycles. The van der Waals surface area contributed by atoms with Crippen LogP contribution in [0.2, 0.25) is 5.02 Å². The maximum atomic E-state index is 13.0. The van der Waals surface area contributed by atoms with Crippen LogP contribution < -0.4 is 5.32 Å². The summed E-state index contributed by atoms with van der Waals surface area (Å²) in [4.78, 5) is 14.1. The Morgan fingerprint density at radius 2 is 2.09 bits per heavy atom. The summed E-state index contributed by atoms with van der Waals surface area (Å²) in [5.74, 6) is -0.426. The second kappa shape index (κ2) is 6.68. The zero-order chi connectivity index (χ0) is 17.4. The molecule has 0 spiro atoms. The first kappa shape index (κ1) is 18.1. The Morgan fingerprint density at radius 3 is 2.57 bits per heavy atom. The predicted octanol–water partition coefficient (Wildman–Crippen LogP) is 2.67. The molecule has 2 rings (SSSR count). The Balaban J connectivity index is 2.22. The molecule has 0 bridgehead atoms. The lowest BCUT2D eigenvalue weighted by Gasteiger charge is -2.17. The summed E-state index contributed by atoms with van der Waals surface area (Å²) < 4.78 is 40.2. The number of alkyl halides is 3. The number of likely N-dealkylation sites (N-methyl/N-ethyl adjacent to an activating group) is 1. The molecule has 1 saturated carbocycles. The number of carbonyl (C=O) groups excluding carboxylic acids is 1. The highest BCUT2D eigenvalue weighted by molar-refractivity contribution is 6.32. The van der Waals surface area contributed by atoms with E-state index in [2.05, 4.69) is 10.4 Å². The maximum absolute atomic E-state index is 13.0. The molecule has 1 atom stereocenters. The summed E-state index contributed by atoms with van der Waals surface area (Å²) in [5.41, 5.74) is -0.803. The van der Waals surface area contributed by atoms with E-state index in [0.29, 0.717) is 18.8 Å². The molecular formula is C14H20ClF3N4O. The third-order valence-corrected chi connectivity index (χ3v) is 4.10. The lowest BCUT2D eigenvalue weighted by atomic mass is 10.2. The van der Waals surface area contributed by atoms with Crippen LogP contribution in [0.4, 0.5) is 13.2 Å². The van der Waals surface area contributed by atoms with Crippen LogP contribution >= 0.6 is 11.6 Å². The van der Waals surface area contributed by atoms with Gasteiger partial charge in [0.25, 0.3) is 0 Å². The van der Waals surface area contributed by atoms with Gasteiger partial charge in [0.15, 0.2) is 5.69 Å². The van der Waals surface area contributed by atoms with Gasteiger partial charge in [-0.3, -0.25) is 9.48 Å². The van der Waals surface area contributed by atoms with E-state index in [1.54, 1.807) is 0 Å². The number of aromatic nitrogens is 2.